The molecule has 0 amide bonds. The van der Waals surface area contributed by atoms with E-state index in [2.05, 4.69) is 10.0 Å². The molecule has 0 aliphatic heterocycles. The highest BCUT2D eigenvalue weighted by atomic mass is 32.2. The van der Waals surface area contributed by atoms with Crippen LogP contribution in [0.5, 0.6) is 5.75 Å². The van der Waals surface area contributed by atoms with Gasteiger partial charge in [-0.3, -0.25) is 4.72 Å². The number of benzene rings is 1. The minimum atomic E-state index is -3.61. The molecule has 0 fully saturated rings. The van der Waals surface area contributed by atoms with Crippen molar-refractivity contribution in [2.75, 3.05) is 18.9 Å². The summed E-state index contributed by atoms with van der Waals surface area (Å²) in [5.74, 6) is 0.596. The van der Waals surface area contributed by atoms with Crippen molar-refractivity contribution in [2.24, 2.45) is 7.05 Å². The lowest BCUT2D eigenvalue weighted by Gasteiger charge is -2.07. The molecule has 0 bridgehead atoms. The first-order valence-corrected chi connectivity index (χ1v) is 7.91. The quantitative estimate of drug-likeness (QED) is 0.849. The Kier molecular flexibility index (Phi) is 4.54. The molecule has 2 N–H and O–H groups in total. The molecule has 0 saturated carbocycles. The summed E-state index contributed by atoms with van der Waals surface area (Å²) in [7, 11) is 1.56. The Bertz CT molecular complexity index is 723. The van der Waals surface area contributed by atoms with E-state index in [-0.39, 0.29) is 4.90 Å². The maximum atomic E-state index is 12.4. The molecule has 0 radical (unpaired) electrons. The molecule has 114 valence electrons. The predicted octanol–water partition coefficient (Wildman–Crippen LogP) is 1.55. The fraction of sp³-hybridized carbons (Fsp3) is 0.286. The lowest BCUT2D eigenvalue weighted by atomic mass is 10.3. The maximum absolute atomic E-state index is 12.4. The topological polar surface area (TPSA) is 72.4 Å². The van der Waals surface area contributed by atoms with Gasteiger partial charge in [-0.25, -0.2) is 8.42 Å². The zero-order valence-electron chi connectivity index (χ0n) is 12.3. The van der Waals surface area contributed by atoms with Crippen LogP contribution in [0, 0.1) is 0 Å². The molecule has 0 aliphatic rings. The second-order valence-electron chi connectivity index (χ2n) is 4.65. The first-order chi connectivity index (χ1) is 9.96. The summed E-state index contributed by atoms with van der Waals surface area (Å²) < 4.78 is 34.2. The number of hydrogen-bond donors (Lipinski definition) is 2. The third-order valence-electron chi connectivity index (χ3n) is 3.07. The molecule has 0 saturated heterocycles. The number of sulfonamides is 1. The van der Waals surface area contributed by atoms with Gasteiger partial charge in [0.25, 0.3) is 10.0 Å². The van der Waals surface area contributed by atoms with E-state index in [1.54, 1.807) is 41.1 Å². The standard InChI is InChI=1S/C14H19N3O3S/c1-15-9-12-8-14(10-17(12)2)21(18,19)16-11-5-4-6-13(7-11)20-3/h4-8,10,15-16H,9H2,1-3H3. The highest BCUT2D eigenvalue weighted by molar-refractivity contribution is 7.92. The summed E-state index contributed by atoms with van der Waals surface area (Å²) in [6.45, 7) is 0.602. The Hall–Kier alpha value is -1.99. The maximum Gasteiger partial charge on any atom is 0.263 e. The molecule has 2 aromatic rings. The molecule has 7 heteroatoms. The fourth-order valence-electron chi connectivity index (χ4n) is 1.98. The van der Waals surface area contributed by atoms with Gasteiger partial charge < -0.3 is 14.6 Å². The molecule has 1 aromatic heterocycles. The zero-order chi connectivity index (χ0) is 15.5. The van der Waals surface area contributed by atoms with Crippen molar-refractivity contribution in [1.29, 1.82) is 0 Å². The van der Waals surface area contributed by atoms with Gasteiger partial charge in [-0.05, 0) is 25.2 Å². The smallest absolute Gasteiger partial charge is 0.263 e. The molecule has 1 aromatic carbocycles. The van der Waals surface area contributed by atoms with Crippen molar-refractivity contribution < 1.29 is 13.2 Å². The van der Waals surface area contributed by atoms with Gasteiger partial charge in [0.15, 0.2) is 0 Å². The van der Waals surface area contributed by atoms with E-state index < -0.39 is 10.0 Å². The highest BCUT2D eigenvalue weighted by Gasteiger charge is 2.17. The fourth-order valence-corrected chi connectivity index (χ4v) is 3.12. The molecule has 1 heterocycles. The minimum Gasteiger partial charge on any atom is -0.497 e. The molecular formula is C14H19N3O3S. The second-order valence-corrected chi connectivity index (χ2v) is 6.33. The number of anilines is 1. The molecule has 0 atom stereocenters. The van der Waals surface area contributed by atoms with E-state index in [1.807, 2.05) is 14.1 Å². The van der Waals surface area contributed by atoms with Gasteiger partial charge in [-0.1, -0.05) is 6.07 Å². The van der Waals surface area contributed by atoms with Gasteiger partial charge in [0.1, 0.15) is 10.6 Å². The Morgan fingerprint density at radius 2 is 2.05 bits per heavy atom. The van der Waals surface area contributed by atoms with Gasteiger partial charge in [-0.2, -0.15) is 0 Å². The van der Waals surface area contributed by atoms with Gasteiger partial charge in [0.05, 0.1) is 12.8 Å². The number of nitrogens with one attached hydrogen (secondary N) is 2. The summed E-state index contributed by atoms with van der Waals surface area (Å²) in [4.78, 5) is 0.234. The normalized spacial score (nSPS) is 11.4. The molecule has 0 unspecified atom stereocenters. The molecule has 0 aliphatic carbocycles. The van der Waals surface area contributed by atoms with Crippen LogP contribution in [0.2, 0.25) is 0 Å². The Balaban J connectivity index is 2.27. The average molecular weight is 309 g/mol. The molecular weight excluding hydrogens is 290 g/mol. The number of aryl methyl sites for hydroxylation is 1. The van der Waals surface area contributed by atoms with E-state index in [1.165, 1.54) is 7.11 Å². The van der Waals surface area contributed by atoms with Crippen LogP contribution in [0.15, 0.2) is 41.4 Å². The average Bonchev–Trinajstić information content (AvgIpc) is 2.81. The molecule has 0 spiro atoms. The molecule has 21 heavy (non-hydrogen) atoms. The van der Waals surface area contributed by atoms with Crippen LogP contribution in [0.4, 0.5) is 5.69 Å². The lowest BCUT2D eigenvalue weighted by Crippen LogP contribution is -2.12. The first-order valence-electron chi connectivity index (χ1n) is 6.43. The third kappa shape index (κ3) is 3.56. The van der Waals surface area contributed by atoms with Crippen LogP contribution in [0.1, 0.15) is 5.69 Å². The Morgan fingerprint density at radius 1 is 1.29 bits per heavy atom. The van der Waals surface area contributed by atoms with Crippen molar-refractivity contribution in [3.63, 3.8) is 0 Å². The highest BCUT2D eigenvalue weighted by Crippen LogP contribution is 2.21. The predicted molar refractivity (Wildman–Crippen MR) is 82.0 cm³/mol. The van der Waals surface area contributed by atoms with Crippen molar-refractivity contribution in [2.45, 2.75) is 11.4 Å². The van der Waals surface area contributed by atoms with Crippen LogP contribution in [-0.2, 0) is 23.6 Å². The third-order valence-corrected chi connectivity index (χ3v) is 4.42. The van der Waals surface area contributed by atoms with E-state index in [9.17, 15) is 8.42 Å². The number of ether oxygens (including phenoxy) is 1. The van der Waals surface area contributed by atoms with Gasteiger partial charge in [-0.15, -0.1) is 0 Å². The summed E-state index contributed by atoms with van der Waals surface area (Å²) in [5, 5.41) is 3.00. The molecule has 2 rings (SSSR count). The number of methoxy groups -OCH3 is 1. The van der Waals surface area contributed by atoms with Crippen LogP contribution in [-0.4, -0.2) is 27.1 Å². The van der Waals surface area contributed by atoms with Gasteiger partial charge >= 0.3 is 0 Å². The van der Waals surface area contributed by atoms with Crippen LogP contribution < -0.4 is 14.8 Å². The summed E-state index contributed by atoms with van der Waals surface area (Å²) in [5.41, 5.74) is 1.36. The lowest BCUT2D eigenvalue weighted by molar-refractivity contribution is 0.415. The van der Waals surface area contributed by atoms with E-state index in [0.29, 0.717) is 18.0 Å². The minimum absolute atomic E-state index is 0.234. The second kappa shape index (κ2) is 6.19. The number of rotatable bonds is 6. The van der Waals surface area contributed by atoms with E-state index >= 15 is 0 Å². The number of hydrogen-bond acceptors (Lipinski definition) is 4. The van der Waals surface area contributed by atoms with Gasteiger partial charge in [0.2, 0.25) is 0 Å². The molecule has 6 nitrogen and oxygen atoms in total. The van der Waals surface area contributed by atoms with E-state index in [4.69, 9.17) is 4.74 Å². The Labute approximate surface area is 124 Å². The van der Waals surface area contributed by atoms with Crippen LogP contribution in [0.3, 0.4) is 0 Å². The van der Waals surface area contributed by atoms with Crippen molar-refractivity contribution >= 4 is 15.7 Å². The van der Waals surface area contributed by atoms with Crippen LogP contribution >= 0.6 is 0 Å². The summed E-state index contributed by atoms with van der Waals surface area (Å²) in [6, 6.07) is 8.45. The van der Waals surface area contributed by atoms with Crippen molar-refractivity contribution in [3.05, 3.63) is 42.2 Å². The summed E-state index contributed by atoms with van der Waals surface area (Å²) >= 11 is 0. The van der Waals surface area contributed by atoms with Crippen LogP contribution in [0.25, 0.3) is 0 Å². The van der Waals surface area contributed by atoms with Crippen molar-refractivity contribution in [1.82, 2.24) is 9.88 Å². The van der Waals surface area contributed by atoms with Gasteiger partial charge in [0, 0.05) is 31.5 Å². The number of aromatic nitrogens is 1. The van der Waals surface area contributed by atoms with E-state index in [0.717, 1.165) is 5.69 Å². The Morgan fingerprint density at radius 3 is 2.71 bits per heavy atom. The monoisotopic (exact) mass is 309 g/mol. The zero-order valence-corrected chi connectivity index (χ0v) is 13.1. The SMILES string of the molecule is CNCc1cc(S(=O)(=O)Nc2cccc(OC)c2)cn1C. The van der Waals surface area contributed by atoms with Crippen molar-refractivity contribution in [3.8, 4) is 5.75 Å². The number of nitrogens with zero attached hydrogens (tertiary/aromatic N) is 1. The largest absolute Gasteiger partial charge is 0.497 e. The first kappa shape index (κ1) is 15.4. The summed E-state index contributed by atoms with van der Waals surface area (Å²) in [6.07, 6.45) is 1.59.